The van der Waals surface area contributed by atoms with Crippen molar-refractivity contribution < 1.29 is 23.1 Å². The third-order valence-corrected chi connectivity index (χ3v) is 6.75. The molecule has 0 spiro atoms. The van der Waals surface area contributed by atoms with Gasteiger partial charge < -0.3 is 14.9 Å². The van der Waals surface area contributed by atoms with Gasteiger partial charge in [-0.05, 0) is 32.6 Å². The van der Waals surface area contributed by atoms with Gasteiger partial charge in [-0.2, -0.15) is 0 Å². The van der Waals surface area contributed by atoms with Crippen LogP contribution in [0.15, 0.2) is 30.3 Å². The smallest absolute Gasteiger partial charge is 0.320 e. The average Bonchev–Trinajstić information content (AvgIpc) is 2.83. The molecule has 2 aliphatic heterocycles. The highest BCUT2D eigenvalue weighted by Crippen LogP contribution is 2.29. The lowest BCUT2D eigenvalue weighted by molar-refractivity contribution is -0.115. The Balaban J connectivity index is 0.000000253. The van der Waals surface area contributed by atoms with E-state index in [1.54, 1.807) is 23.1 Å². The molecule has 2 unspecified atom stereocenters. The van der Waals surface area contributed by atoms with E-state index in [1.807, 2.05) is 18.4 Å². The zero-order valence-corrected chi connectivity index (χ0v) is 21.1. The number of alkyl halides is 2. The predicted octanol–water partition coefficient (Wildman–Crippen LogP) is 4.62. The van der Waals surface area contributed by atoms with Crippen molar-refractivity contribution in [3.63, 3.8) is 0 Å². The number of aliphatic hydroxyl groups is 1. The van der Waals surface area contributed by atoms with Crippen molar-refractivity contribution in [2.24, 2.45) is 5.92 Å². The lowest BCUT2D eigenvalue weighted by atomic mass is 9.94. The van der Waals surface area contributed by atoms with Crippen LogP contribution in [0.5, 0.6) is 0 Å². The van der Waals surface area contributed by atoms with Gasteiger partial charge in [0, 0.05) is 43.8 Å². The molecule has 6 nitrogen and oxygen atoms in total. The molecular weight excluding hydrogens is 465 g/mol. The largest absolute Gasteiger partial charge is 0.396 e. The third kappa shape index (κ3) is 10.4. The maximum absolute atomic E-state index is 12.8. The summed E-state index contributed by atoms with van der Waals surface area (Å²) >= 11 is 1.45. The number of benzene rings is 1. The predicted molar refractivity (Wildman–Crippen MR) is 131 cm³/mol. The van der Waals surface area contributed by atoms with Gasteiger partial charge in [0.1, 0.15) is 5.82 Å². The second-order valence-corrected chi connectivity index (χ2v) is 10.4. The molecule has 0 radical (unpaired) electrons. The molecule has 4 rings (SSSR count). The van der Waals surface area contributed by atoms with Crippen LogP contribution in [-0.4, -0.2) is 84.1 Å². The molecule has 2 atom stereocenters. The number of piperidine rings is 1. The van der Waals surface area contributed by atoms with E-state index in [4.69, 9.17) is 0 Å². The van der Waals surface area contributed by atoms with E-state index in [0.29, 0.717) is 19.5 Å². The molecule has 1 aromatic rings. The lowest BCUT2D eigenvalue weighted by Crippen LogP contribution is -2.63. The molecule has 3 aliphatic rings. The van der Waals surface area contributed by atoms with Crippen molar-refractivity contribution >= 4 is 18.2 Å². The first-order valence-corrected chi connectivity index (χ1v) is 12.8. The molecule has 10 heteroatoms. The number of carbonyl (C=O) groups excluding carboxylic acids is 1. The van der Waals surface area contributed by atoms with E-state index in [2.05, 4.69) is 4.72 Å². The third-order valence-electron chi connectivity index (χ3n) is 5.97. The van der Waals surface area contributed by atoms with Crippen LogP contribution in [0.25, 0.3) is 0 Å². The number of likely N-dealkylation sites (tertiary alicyclic amines) is 2. The van der Waals surface area contributed by atoms with Crippen molar-refractivity contribution in [2.75, 3.05) is 46.9 Å². The Morgan fingerprint density at radius 1 is 1.09 bits per heavy atom. The number of hydrogen-bond donors (Lipinski definition) is 2. The Morgan fingerprint density at radius 3 is 2.06 bits per heavy atom. The summed E-state index contributed by atoms with van der Waals surface area (Å²) in [6.45, 7) is -0.119. The summed E-state index contributed by atoms with van der Waals surface area (Å²) in [5, 5.41) is 9.48. The summed E-state index contributed by atoms with van der Waals surface area (Å²) in [6.07, 6.45) is 9.70. The van der Waals surface area contributed by atoms with Gasteiger partial charge in [-0.15, -0.1) is 0 Å². The van der Waals surface area contributed by atoms with Gasteiger partial charge in [0.05, 0.1) is 13.1 Å². The van der Waals surface area contributed by atoms with E-state index in [-0.39, 0.29) is 30.4 Å². The number of carbonyl (C=O) groups is 1. The minimum atomic E-state index is -2.74. The Kier molecular flexibility index (Phi) is 12.5. The summed E-state index contributed by atoms with van der Waals surface area (Å²) in [6, 6.07) is 7.69. The Labute approximate surface area is 206 Å². The maximum atomic E-state index is 12.8. The molecule has 34 heavy (non-hydrogen) atoms. The fraction of sp³-hybridized carbons (Fsp3) is 0.708. The molecule has 2 saturated heterocycles. The Hall–Kier alpha value is -1.49. The SMILES string of the molecule is C1CCCCC1.CN(C)SNC1CCN(C(=O)N2CC(F)(F)C2)CC1CO.Fc1ccccc1. The number of nitrogens with one attached hydrogen (secondary N) is 1. The molecule has 2 heterocycles. The Bertz CT molecular complexity index is 691. The van der Waals surface area contributed by atoms with Crippen LogP contribution in [0, 0.1) is 11.7 Å². The zero-order chi connectivity index (χ0) is 25.0. The molecule has 0 bridgehead atoms. The second kappa shape index (κ2) is 14.8. The first kappa shape index (κ1) is 28.7. The minimum absolute atomic E-state index is 0.0361. The number of nitrogens with zero attached hydrogens (tertiary/aromatic N) is 3. The van der Waals surface area contributed by atoms with Gasteiger partial charge in [-0.3, -0.25) is 0 Å². The first-order valence-electron chi connectivity index (χ1n) is 12.0. The van der Waals surface area contributed by atoms with Crippen molar-refractivity contribution in [2.45, 2.75) is 56.9 Å². The van der Waals surface area contributed by atoms with E-state index in [1.165, 1.54) is 62.8 Å². The number of urea groups is 1. The summed E-state index contributed by atoms with van der Waals surface area (Å²) in [5.74, 6) is -3.01. The maximum Gasteiger partial charge on any atom is 0.320 e. The highest BCUT2D eigenvalue weighted by Gasteiger charge is 2.48. The fourth-order valence-electron chi connectivity index (χ4n) is 4.04. The van der Waals surface area contributed by atoms with Crippen LogP contribution in [0.3, 0.4) is 0 Å². The zero-order valence-electron chi connectivity index (χ0n) is 20.3. The molecule has 1 aromatic carbocycles. The van der Waals surface area contributed by atoms with Gasteiger partial charge in [0.25, 0.3) is 5.92 Å². The molecule has 194 valence electrons. The molecule has 0 aromatic heterocycles. The highest BCUT2D eigenvalue weighted by atomic mass is 32.2. The van der Waals surface area contributed by atoms with Crippen LogP contribution in [0.2, 0.25) is 0 Å². The first-order chi connectivity index (χ1) is 16.2. The fourth-order valence-corrected chi connectivity index (χ4v) is 4.70. The summed E-state index contributed by atoms with van der Waals surface area (Å²) in [4.78, 5) is 14.8. The monoisotopic (exact) mass is 504 g/mol. The van der Waals surface area contributed by atoms with Gasteiger partial charge in [-0.1, -0.05) is 56.7 Å². The van der Waals surface area contributed by atoms with Crippen molar-refractivity contribution in [1.82, 2.24) is 18.8 Å². The molecular formula is C24H39F3N4O2S. The molecule has 2 N–H and O–H groups in total. The highest BCUT2D eigenvalue weighted by molar-refractivity contribution is 7.95. The van der Waals surface area contributed by atoms with Crippen molar-refractivity contribution in [3.05, 3.63) is 36.1 Å². The molecule has 3 fully saturated rings. The number of aliphatic hydroxyl groups excluding tert-OH is 1. The van der Waals surface area contributed by atoms with Gasteiger partial charge in [-0.25, -0.2) is 27.0 Å². The molecule has 2 amide bonds. The van der Waals surface area contributed by atoms with Crippen molar-refractivity contribution in [1.29, 1.82) is 0 Å². The topological polar surface area (TPSA) is 59.0 Å². The molecule has 1 saturated carbocycles. The minimum Gasteiger partial charge on any atom is -0.396 e. The summed E-state index contributed by atoms with van der Waals surface area (Å²) in [5.41, 5.74) is 0. The quantitative estimate of drug-likeness (QED) is 0.586. The number of amides is 2. The van der Waals surface area contributed by atoms with E-state index < -0.39 is 19.0 Å². The summed E-state index contributed by atoms with van der Waals surface area (Å²) in [7, 11) is 3.82. The van der Waals surface area contributed by atoms with Crippen LogP contribution < -0.4 is 4.72 Å². The van der Waals surface area contributed by atoms with Gasteiger partial charge in [0.15, 0.2) is 0 Å². The van der Waals surface area contributed by atoms with Crippen molar-refractivity contribution in [3.8, 4) is 0 Å². The van der Waals surface area contributed by atoms with Crippen LogP contribution in [0.1, 0.15) is 44.9 Å². The van der Waals surface area contributed by atoms with E-state index >= 15 is 0 Å². The van der Waals surface area contributed by atoms with Crippen LogP contribution >= 0.6 is 12.1 Å². The molecule has 1 aliphatic carbocycles. The van der Waals surface area contributed by atoms with E-state index in [9.17, 15) is 23.1 Å². The van der Waals surface area contributed by atoms with Gasteiger partial charge in [0.2, 0.25) is 0 Å². The van der Waals surface area contributed by atoms with Crippen LogP contribution in [0.4, 0.5) is 18.0 Å². The number of halogens is 3. The average molecular weight is 505 g/mol. The number of hydrogen-bond acceptors (Lipinski definition) is 5. The van der Waals surface area contributed by atoms with Crippen LogP contribution in [-0.2, 0) is 0 Å². The normalized spacial score (nSPS) is 23.7. The second-order valence-electron chi connectivity index (χ2n) is 9.22. The number of rotatable bonds is 4. The van der Waals surface area contributed by atoms with Gasteiger partial charge >= 0.3 is 6.03 Å². The summed E-state index contributed by atoms with van der Waals surface area (Å²) < 4.78 is 42.7. The Morgan fingerprint density at radius 2 is 1.65 bits per heavy atom. The van der Waals surface area contributed by atoms with E-state index in [0.717, 1.165) is 4.90 Å². The standard InChI is InChI=1S/C12H22F2N4O2S.C6H5F.C6H12/c1-16(2)21-15-10-3-4-17(5-9(10)6-19)11(20)18-7-12(13,14)8-18;7-6-4-2-1-3-5-6;1-2-4-6-5-3-1/h9-10,15,19H,3-8H2,1-2H3;1-5H;1-6H2. The lowest BCUT2D eigenvalue weighted by Gasteiger charge is -2.44.